The van der Waals surface area contributed by atoms with Crippen molar-refractivity contribution < 1.29 is 28.7 Å². The van der Waals surface area contributed by atoms with Crippen LogP contribution in [0.4, 0.5) is 10.5 Å². The van der Waals surface area contributed by atoms with Crippen LogP contribution in [0.1, 0.15) is 21.7 Å². The van der Waals surface area contributed by atoms with Crippen molar-refractivity contribution in [3.05, 3.63) is 81.5 Å². The number of nitrogens with zero attached hydrogens (tertiary/aromatic N) is 1. The Kier molecular flexibility index (Phi) is 5.50. The Hall–Kier alpha value is -3.98. The fourth-order valence-corrected chi connectivity index (χ4v) is 3.68. The minimum absolute atomic E-state index is 0.0435. The Labute approximate surface area is 190 Å². The zero-order valence-electron chi connectivity index (χ0n) is 16.5. The van der Waals surface area contributed by atoms with E-state index in [0.717, 1.165) is 4.90 Å². The Balaban J connectivity index is 1.67. The zero-order valence-corrected chi connectivity index (χ0v) is 18.1. The summed E-state index contributed by atoms with van der Waals surface area (Å²) in [4.78, 5) is 49.5. The molecule has 1 aliphatic heterocycles. The fraction of sp³-hybridized carbons (Fsp3) is 0.0435. The van der Waals surface area contributed by atoms with Crippen molar-refractivity contribution in [1.82, 2.24) is 5.32 Å². The molecule has 0 bridgehead atoms. The summed E-state index contributed by atoms with van der Waals surface area (Å²) in [6.07, 6.45) is 1.25. The number of urea groups is 1. The topological polar surface area (TPSA) is 120 Å². The molecule has 1 aromatic heterocycles. The van der Waals surface area contributed by atoms with Crippen molar-refractivity contribution in [2.24, 2.45) is 0 Å². The number of barbiturate groups is 1. The molecule has 0 aliphatic carbocycles. The standard InChI is InChI=1S/C23H15BrN2O6/c1-12-9-13(22(29)30)5-7-17(12)19-8-6-16(32-19)11-18-20(27)25-23(31)26(21(18)28)15-4-2-3-14(24)10-15/h2-11H,1H3,(H,29,30)(H,25,27,31)/p-1/b18-11+. The number of hydrogen-bond acceptors (Lipinski definition) is 6. The number of halogens is 1. The van der Waals surface area contributed by atoms with Crippen molar-refractivity contribution in [2.45, 2.75) is 6.92 Å². The minimum atomic E-state index is -1.28. The number of anilines is 1. The van der Waals surface area contributed by atoms with Gasteiger partial charge in [-0.3, -0.25) is 14.9 Å². The van der Waals surface area contributed by atoms with Gasteiger partial charge < -0.3 is 14.3 Å². The number of furan rings is 1. The molecule has 1 fully saturated rings. The summed E-state index contributed by atoms with van der Waals surface area (Å²) in [7, 11) is 0. The van der Waals surface area contributed by atoms with E-state index in [9.17, 15) is 24.3 Å². The van der Waals surface area contributed by atoms with Gasteiger partial charge in [-0.2, -0.15) is 0 Å². The lowest BCUT2D eigenvalue weighted by atomic mass is 10.0. The lowest BCUT2D eigenvalue weighted by Gasteiger charge is -2.26. The van der Waals surface area contributed by atoms with Crippen LogP contribution in [-0.4, -0.2) is 23.8 Å². The first-order valence-corrected chi connectivity index (χ1v) is 10.1. The molecule has 9 heteroatoms. The van der Waals surface area contributed by atoms with Crippen LogP contribution in [0.15, 0.2) is 69.1 Å². The summed E-state index contributed by atoms with van der Waals surface area (Å²) in [5, 5.41) is 13.2. The zero-order chi connectivity index (χ0) is 23.0. The van der Waals surface area contributed by atoms with Gasteiger partial charge in [-0.25, -0.2) is 9.69 Å². The molecule has 1 aliphatic rings. The van der Waals surface area contributed by atoms with Crippen LogP contribution in [0, 0.1) is 6.92 Å². The number of benzene rings is 2. The number of aryl methyl sites for hydroxylation is 1. The van der Waals surface area contributed by atoms with Gasteiger partial charge in [-0.15, -0.1) is 0 Å². The molecule has 0 spiro atoms. The van der Waals surface area contributed by atoms with Gasteiger partial charge >= 0.3 is 6.03 Å². The molecule has 1 N–H and O–H groups in total. The van der Waals surface area contributed by atoms with Gasteiger partial charge in [-0.1, -0.05) is 34.1 Å². The number of carbonyl (C=O) groups excluding carboxylic acids is 4. The van der Waals surface area contributed by atoms with Crippen LogP contribution in [0.2, 0.25) is 0 Å². The minimum Gasteiger partial charge on any atom is -0.545 e. The van der Waals surface area contributed by atoms with Crippen molar-refractivity contribution in [3.63, 3.8) is 0 Å². The first-order valence-electron chi connectivity index (χ1n) is 9.34. The molecular weight excluding hydrogens is 480 g/mol. The maximum atomic E-state index is 13.0. The van der Waals surface area contributed by atoms with Crippen molar-refractivity contribution >= 4 is 51.5 Å². The second kappa shape index (κ2) is 8.27. The third-order valence-electron chi connectivity index (χ3n) is 4.81. The van der Waals surface area contributed by atoms with Crippen LogP contribution in [0.5, 0.6) is 0 Å². The molecule has 0 atom stereocenters. The molecule has 2 heterocycles. The van der Waals surface area contributed by atoms with Gasteiger partial charge in [0.1, 0.15) is 17.1 Å². The summed E-state index contributed by atoms with van der Waals surface area (Å²) in [5.74, 6) is -2.27. The SMILES string of the molecule is Cc1cc(C(=O)[O-])ccc1-c1ccc(/C=C2\C(=O)NC(=O)N(c3cccc(Br)c3)C2=O)o1. The number of imide groups is 2. The Morgan fingerprint density at radius 3 is 2.56 bits per heavy atom. The number of nitrogens with one attached hydrogen (secondary N) is 1. The highest BCUT2D eigenvalue weighted by Crippen LogP contribution is 2.29. The highest BCUT2D eigenvalue weighted by molar-refractivity contribution is 9.10. The molecule has 2 aromatic carbocycles. The van der Waals surface area contributed by atoms with E-state index in [1.165, 1.54) is 18.2 Å². The van der Waals surface area contributed by atoms with Crippen molar-refractivity contribution in [1.29, 1.82) is 0 Å². The summed E-state index contributed by atoms with van der Waals surface area (Å²) >= 11 is 3.29. The van der Waals surface area contributed by atoms with Gasteiger partial charge in [0, 0.05) is 10.0 Å². The second-order valence-electron chi connectivity index (χ2n) is 6.96. The predicted octanol–water partition coefficient (Wildman–Crippen LogP) is 3.05. The molecule has 1 saturated heterocycles. The Bertz CT molecular complexity index is 1320. The lowest BCUT2D eigenvalue weighted by molar-refractivity contribution is -0.255. The van der Waals surface area contributed by atoms with E-state index in [1.54, 1.807) is 49.4 Å². The van der Waals surface area contributed by atoms with Gasteiger partial charge in [0.25, 0.3) is 11.8 Å². The number of rotatable bonds is 4. The molecule has 160 valence electrons. The van der Waals surface area contributed by atoms with Crippen LogP contribution in [0.3, 0.4) is 0 Å². The van der Waals surface area contributed by atoms with E-state index in [-0.39, 0.29) is 16.9 Å². The van der Waals surface area contributed by atoms with Crippen molar-refractivity contribution in [2.75, 3.05) is 4.90 Å². The highest BCUT2D eigenvalue weighted by Gasteiger charge is 2.37. The number of hydrogen-bond donors (Lipinski definition) is 1. The van der Waals surface area contributed by atoms with E-state index >= 15 is 0 Å². The molecule has 8 nitrogen and oxygen atoms in total. The molecule has 0 radical (unpaired) electrons. The van der Waals surface area contributed by atoms with Gasteiger partial charge in [0.05, 0.1) is 11.7 Å². The van der Waals surface area contributed by atoms with Crippen LogP contribution >= 0.6 is 15.9 Å². The number of carbonyl (C=O) groups is 4. The third kappa shape index (κ3) is 3.97. The normalized spacial score (nSPS) is 15.2. The summed E-state index contributed by atoms with van der Waals surface area (Å²) < 4.78 is 6.42. The van der Waals surface area contributed by atoms with E-state index in [2.05, 4.69) is 21.2 Å². The molecule has 4 amide bonds. The first-order chi connectivity index (χ1) is 15.2. The average Bonchev–Trinajstić information content (AvgIpc) is 3.19. The number of carboxylic acids is 1. The largest absolute Gasteiger partial charge is 0.545 e. The summed E-state index contributed by atoms with van der Waals surface area (Å²) in [6, 6.07) is 13.3. The molecule has 32 heavy (non-hydrogen) atoms. The van der Waals surface area contributed by atoms with Gasteiger partial charge in [0.15, 0.2) is 0 Å². The van der Waals surface area contributed by atoms with Gasteiger partial charge in [0.2, 0.25) is 0 Å². The highest BCUT2D eigenvalue weighted by atomic mass is 79.9. The summed E-state index contributed by atoms with van der Waals surface area (Å²) in [6.45, 7) is 1.72. The van der Waals surface area contributed by atoms with E-state index < -0.39 is 23.8 Å². The third-order valence-corrected chi connectivity index (χ3v) is 5.30. The van der Waals surface area contributed by atoms with Crippen molar-refractivity contribution in [3.8, 4) is 11.3 Å². The van der Waals surface area contributed by atoms with Crippen LogP contribution in [-0.2, 0) is 9.59 Å². The fourth-order valence-electron chi connectivity index (χ4n) is 3.29. The molecule has 0 saturated carbocycles. The first kappa shape index (κ1) is 21.3. The second-order valence-corrected chi connectivity index (χ2v) is 7.87. The maximum Gasteiger partial charge on any atom is 0.335 e. The monoisotopic (exact) mass is 493 g/mol. The number of aromatic carboxylic acids is 1. The molecule has 0 unspecified atom stereocenters. The van der Waals surface area contributed by atoms with Gasteiger partial charge in [-0.05, 0) is 60.5 Å². The smallest absolute Gasteiger partial charge is 0.335 e. The van der Waals surface area contributed by atoms with Crippen LogP contribution in [0.25, 0.3) is 17.4 Å². The van der Waals surface area contributed by atoms with E-state index in [0.29, 0.717) is 27.0 Å². The maximum absolute atomic E-state index is 13.0. The average molecular weight is 494 g/mol. The molecular formula is C23H14BrN2O6-. The van der Waals surface area contributed by atoms with Crippen LogP contribution < -0.4 is 15.3 Å². The van der Waals surface area contributed by atoms with E-state index in [4.69, 9.17) is 4.42 Å². The van der Waals surface area contributed by atoms with E-state index in [1.807, 2.05) is 0 Å². The number of amides is 4. The molecule has 4 rings (SSSR count). The number of carboxylic acid groups (broad SMARTS) is 1. The quantitative estimate of drug-likeness (QED) is 0.440. The molecule has 3 aromatic rings. The lowest BCUT2D eigenvalue weighted by Crippen LogP contribution is -2.54. The Morgan fingerprint density at radius 1 is 1.09 bits per heavy atom. The Morgan fingerprint density at radius 2 is 1.88 bits per heavy atom. The predicted molar refractivity (Wildman–Crippen MR) is 116 cm³/mol. The summed E-state index contributed by atoms with van der Waals surface area (Å²) in [5.41, 5.74) is 1.36.